The van der Waals surface area contributed by atoms with Crippen LogP contribution in [-0.4, -0.2) is 148 Å². The molecule has 31 heavy (non-hydrogen) atoms. The Balaban J connectivity index is 0.00000171. The van der Waals surface area contributed by atoms with Gasteiger partial charge in [0.2, 0.25) is 0 Å². The van der Waals surface area contributed by atoms with Crippen LogP contribution in [0.15, 0.2) is 58.8 Å². The molecule has 2 aromatic heterocycles. The number of aromatic amines is 1. The van der Waals surface area contributed by atoms with Crippen molar-refractivity contribution in [2.75, 3.05) is 0 Å². The normalized spacial score (nSPS) is 12.8. The number of nitrogens with zero attached hydrogens (tertiary/aromatic N) is 3. The van der Waals surface area contributed by atoms with E-state index in [0.29, 0.717) is 11.0 Å². The van der Waals surface area contributed by atoms with Gasteiger partial charge in [-0.2, -0.15) is 25.8 Å². The van der Waals surface area contributed by atoms with E-state index >= 15 is 0 Å². The van der Waals surface area contributed by atoms with Gasteiger partial charge in [-0.3, -0.25) is 8.84 Å². The van der Waals surface area contributed by atoms with Crippen molar-refractivity contribution in [2.45, 2.75) is 9.79 Å². The number of aromatic nitrogens is 4. The first-order valence-electron chi connectivity index (χ1n) is 7.57. The Labute approximate surface area is 263 Å². The van der Waals surface area contributed by atoms with Crippen LogP contribution in [0.2, 0.25) is 0 Å². The minimum absolute atomic E-state index is 0. The van der Waals surface area contributed by atoms with Gasteiger partial charge in [0.1, 0.15) is 11.8 Å². The Bertz CT molecular complexity index is 1480. The van der Waals surface area contributed by atoms with Crippen molar-refractivity contribution < 1.29 is 33.5 Å². The summed E-state index contributed by atoms with van der Waals surface area (Å²) >= 11 is -2.78. The molecule has 0 fully saturated rings. The van der Waals surface area contributed by atoms with Crippen LogP contribution < -0.4 is 4.28 Å². The van der Waals surface area contributed by atoms with E-state index in [0.717, 1.165) is 23.2 Å². The van der Waals surface area contributed by atoms with Crippen LogP contribution in [-0.2, 0) is 35.2 Å². The second-order valence-corrected chi connectivity index (χ2v) is 9.48. The third-order valence-corrected chi connectivity index (χ3v) is 6.88. The first-order valence-corrected chi connectivity index (χ1v) is 11.4. The fourth-order valence-electron chi connectivity index (χ4n) is 2.45. The molecule has 2 heterocycles. The van der Waals surface area contributed by atoms with Gasteiger partial charge in [-0.25, -0.2) is 9.97 Å². The van der Waals surface area contributed by atoms with E-state index in [1.165, 1.54) is 30.6 Å². The average Bonchev–Trinajstić information content (AvgIpc) is 3.26. The first-order chi connectivity index (χ1) is 13.6. The van der Waals surface area contributed by atoms with Gasteiger partial charge in [0, 0.05) is 0 Å². The molecule has 0 amide bonds. The molecule has 0 aliphatic carbocycles. The molecule has 2 aromatic carbocycles. The summed E-state index contributed by atoms with van der Waals surface area (Å²) in [6, 6.07) is 7.31. The molecule has 2 N–H and O–H groups in total. The average molecular weight is 539 g/mol. The number of hydrogen-bond donors (Lipinski definition) is 2. The van der Waals surface area contributed by atoms with Gasteiger partial charge in [-0.1, -0.05) is 0 Å². The molecular weight excluding hydrogens is 527 g/mol. The SMILES string of the molecule is O=S(On1cnc2cc(S(=O)(=O)O)ccc21)OS(=O)(=O)c1ccc2[nH]cnc2c1.[KH].[KH]. The van der Waals surface area contributed by atoms with Crippen molar-refractivity contribution in [2.24, 2.45) is 0 Å². The van der Waals surface area contributed by atoms with Gasteiger partial charge in [0.05, 0.1) is 32.7 Å². The monoisotopic (exact) mass is 538 g/mol. The first kappa shape index (κ1) is 27.7. The third kappa shape index (κ3) is 6.31. The molecule has 156 valence electrons. The van der Waals surface area contributed by atoms with Crippen molar-refractivity contribution in [1.82, 2.24) is 19.7 Å². The molecule has 0 radical (unpaired) electrons. The molecule has 12 nitrogen and oxygen atoms in total. The maximum atomic E-state index is 12.3. The predicted molar refractivity (Wildman–Crippen MR) is 113 cm³/mol. The van der Waals surface area contributed by atoms with Crippen LogP contribution in [0, 0.1) is 0 Å². The summed E-state index contributed by atoms with van der Waals surface area (Å²) in [5.41, 5.74) is 1.22. The number of rotatable bonds is 6. The van der Waals surface area contributed by atoms with Crippen LogP contribution in [0.5, 0.6) is 0 Å². The van der Waals surface area contributed by atoms with E-state index in [9.17, 15) is 21.0 Å². The van der Waals surface area contributed by atoms with Crippen LogP contribution in [0.1, 0.15) is 0 Å². The van der Waals surface area contributed by atoms with Crippen LogP contribution >= 0.6 is 0 Å². The molecule has 0 spiro atoms. The van der Waals surface area contributed by atoms with Crippen LogP contribution in [0.25, 0.3) is 22.1 Å². The van der Waals surface area contributed by atoms with Crippen molar-refractivity contribution in [1.29, 1.82) is 0 Å². The van der Waals surface area contributed by atoms with Gasteiger partial charge >= 0.3 is 124 Å². The van der Waals surface area contributed by atoms with Crippen molar-refractivity contribution in [3.63, 3.8) is 0 Å². The summed E-state index contributed by atoms with van der Waals surface area (Å²) in [7, 11) is -8.87. The molecule has 0 aliphatic rings. The molecule has 1 unspecified atom stereocenters. The predicted octanol–water partition coefficient (Wildman–Crippen LogP) is -0.725. The fraction of sp³-hybridized carbons (Fsp3) is 0. The standard InChI is InChI=1S/C14H10N4O8S3.2K.2H/c19-27(26-29(23,24)10-1-3-11-12(6-10)16-7-15-11)25-18-8-17-13-5-9(28(20,21)22)2-4-14(13)18;;;;/h1-8H,(H,15,16)(H,20,21,22);;;;. The van der Waals surface area contributed by atoms with Gasteiger partial charge < -0.3 is 4.98 Å². The van der Waals surface area contributed by atoms with E-state index in [1.807, 2.05) is 0 Å². The Morgan fingerprint density at radius 1 is 0.968 bits per heavy atom. The van der Waals surface area contributed by atoms with E-state index in [1.54, 1.807) is 0 Å². The Hall–Kier alpha value is 0.423. The van der Waals surface area contributed by atoms with E-state index < -0.39 is 36.5 Å². The second kappa shape index (κ2) is 10.8. The number of hydrogen-bond acceptors (Lipinski definition) is 9. The molecule has 1 atom stereocenters. The fourth-order valence-corrected chi connectivity index (χ4v) is 4.69. The molecule has 0 saturated carbocycles. The molecule has 0 saturated heterocycles. The zero-order valence-electron chi connectivity index (χ0n) is 14.0. The Morgan fingerprint density at radius 3 is 2.35 bits per heavy atom. The van der Waals surface area contributed by atoms with Crippen LogP contribution in [0.3, 0.4) is 0 Å². The van der Waals surface area contributed by atoms with Crippen molar-refractivity contribution in [3.8, 4) is 0 Å². The summed E-state index contributed by atoms with van der Waals surface area (Å²) in [6.45, 7) is 0. The molecule has 0 bridgehead atoms. The van der Waals surface area contributed by atoms with E-state index in [4.69, 9.17) is 8.84 Å². The van der Waals surface area contributed by atoms with Gasteiger partial charge in [0.15, 0.2) is 0 Å². The molecular formula is C14H12K2N4O8S3. The summed E-state index contributed by atoms with van der Waals surface area (Å²) in [6.07, 6.45) is 2.42. The summed E-state index contributed by atoms with van der Waals surface area (Å²) < 4.78 is 78.4. The summed E-state index contributed by atoms with van der Waals surface area (Å²) in [4.78, 5) is 9.90. The van der Waals surface area contributed by atoms with Gasteiger partial charge in [-0.05, 0) is 36.4 Å². The molecule has 17 heteroatoms. The van der Waals surface area contributed by atoms with Crippen LogP contribution in [0.4, 0.5) is 0 Å². The molecule has 4 aromatic rings. The zero-order chi connectivity index (χ0) is 20.8. The number of H-pyrrole nitrogens is 1. The van der Waals surface area contributed by atoms with E-state index in [2.05, 4.69) is 18.6 Å². The molecule has 0 aliphatic heterocycles. The van der Waals surface area contributed by atoms with Gasteiger partial charge in [-0.15, -0.1) is 3.63 Å². The van der Waals surface area contributed by atoms with Crippen molar-refractivity contribution >= 4 is 156 Å². The topological polar surface area (TPSA) is 171 Å². The number of nitrogens with one attached hydrogen (secondary N) is 1. The van der Waals surface area contributed by atoms with Gasteiger partial charge in [0.25, 0.3) is 10.1 Å². The van der Waals surface area contributed by atoms with E-state index in [-0.39, 0.29) is 119 Å². The van der Waals surface area contributed by atoms with Crippen molar-refractivity contribution in [3.05, 3.63) is 49.1 Å². The number of benzene rings is 2. The third-order valence-electron chi connectivity index (χ3n) is 3.75. The minimum atomic E-state index is -4.44. The molecule has 4 rings (SSSR count). The Kier molecular flexibility index (Phi) is 9.62. The quantitative estimate of drug-likeness (QED) is 0.236. The maximum absolute atomic E-state index is 12.3. The summed E-state index contributed by atoms with van der Waals surface area (Å²) in [5, 5.41) is 0. The summed E-state index contributed by atoms with van der Waals surface area (Å²) in [5.74, 6) is 0. The number of fused-ring (bicyclic) bond motifs is 2. The Morgan fingerprint density at radius 2 is 1.65 bits per heavy atom. The zero-order valence-corrected chi connectivity index (χ0v) is 16.4. The second-order valence-electron chi connectivity index (χ2n) is 5.58. The number of imidazole rings is 2.